The first kappa shape index (κ1) is 22.8. The number of cyclic esters (lactones) is 1. The molecule has 0 aliphatic carbocycles. The third-order valence-electron chi connectivity index (χ3n) is 5.40. The van der Waals surface area contributed by atoms with Crippen LogP contribution in [0, 0.1) is 0 Å². The van der Waals surface area contributed by atoms with Crippen molar-refractivity contribution in [1.29, 1.82) is 0 Å². The molecule has 0 unspecified atom stereocenters. The summed E-state index contributed by atoms with van der Waals surface area (Å²) >= 11 is 6.08. The molecule has 0 bridgehead atoms. The minimum Gasteiger partial charge on any atom is -0.434 e. The van der Waals surface area contributed by atoms with Gasteiger partial charge in [-0.05, 0) is 37.5 Å². The fourth-order valence-electron chi connectivity index (χ4n) is 3.74. The van der Waals surface area contributed by atoms with Gasteiger partial charge >= 0.3 is 5.97 Å². The third-order valence-corrected chi connectivity index (χ3v) is 5.71. The summed E-state index contributed by atoms with van der Waals surface area (Å²) < 4.78 is 4.63. The SMILES string of the molecule is CC[C@H](NC(=O)c1ccc(N)cc1Cl)C(=O)N1CCC[C@H]1C(=O)N[C@H]1CC(=O)O[C@H]1O. The van der Waals surface area contributed by atoms with Gasteiger partial charge in [0.2, 0.25) is 18.1 Å². The van der Waals surface area contributed by atoms with Crippen molar-refractivity contribution in [2.24, 2.45) is 0 Å². The molecular weight excluding hydrogens is 428 g/mol. The predicted octanol–water partition coefficient (Wildman–Crippen LogP) is 0.172. The summed E-state index contributed by atoms with van der Waals surface area (Å²) in [6, 6.07) is 2.00. The van der Waals surface area contributed by atoms with Crippen LogP contribution in [0.25, 0.3) is 0 Å². The van der Waals surface area contributed by atoms with Gasteiger partial charge in [0.15, 0.2) is 0 Å². The molecule has 168 valence electrons. The van der Waals surface area contributed by atoms with E-state index in [9.17, 15) is 24.3 Å². The molecule has 4 atom stereocenters. The molecule has 1 aromatic carbocycles. The van der Waals surface area contributed by atoms with Crippen molar-refractivity contribution in [2.45, 2.75) is 57.0 Å². The number of esters is 1. The lowest BCUT2D eigenvalue weighted by Crippen LogP contribution is -2.55. The molecule has 0 aromatic heterocycles. The molecule has 31 heavy (non-hydrogen) atoms. The lowest BCUT2D eigenvalue weighted by molar-refractivity contribution is -0.155. The van der Waals surface area contributed by atoms with E-state index >= 15 is 0 Å². The molecule has 3 rings (SSSR count). The van der Waals surface area contributed by atoms with E-state index in [-0.39, 0.29) is 22.9 Å². The summed E-state index contributed by atoms with van der Waals surface area (Å²) in [5.74, 6) is -1.99. The molecule has 0 saturated carbocycles. The number of benzene rings is 1. The van der Waals surface area contributed by atoms with Gasteiger partial charge in [-0.2, -0.15) is 0 Å². The van der Waals surface area contributed by atoms with Crippen molar-refractivity contribution in [1.82, 2.24) is 15.5 Å². The second-order valence-corrected chi connectivity index (χ2v) is 7.97. The van der Waals surface area contributed by atoms with Gasteiger partial charge in [-0.3, -0.25) is 19.2 Å². The van der Waals surface area contributed by atoms with E-state index in [1.165, 1.54) is 23.1 Å². The van der Waals surface area contributed by atoms with Gasteiger partial charge in [-0.15, -0.1) is 0 Å². The first-order valence-electron chi connectivity index (χ1n) is 10.1. The Morgan fingerprint density at radius 3 is 2.74 bits per heavy atom. The molecule has 0 spiro atoms. The topological polar surface area (TPSA) is 151 Å². The Balaban J connectivity index is 1.66. The number of halogens is 1. The van der Waals surface area contributed by atoms with E-state index in [1.54, 1.807) is 6.92 Å². The molecular formula is C20H25ClN4O6. The van der Waals surface area contributed by atoms with Crippen LogP contribution in [-0.2, 0) is 19.1 Å². The number of rotatable bonds is 6. The van der Waals surface area contributed by atoms with Gasteiger partial charge in [0.25, 0.3) is 5.91 Å². The Morgan fingerprint density at radius 2 is 2.13 bits per heavy atom. The number of nitrogens with two attached hydrogens (primary N) is 1. The van der Waals surface area contributed by atoms with Crippen LogP contribution < -0.4 is 16.4 Å². The molecule has 2 saturated heterocycles. The number of nitrogen functional groups attached to an aromatic ring is 1. The van der Waals surface area contributed by atoms with Gasteiger partial charge in [0.05, 0.1) is 17.0 Å². The summed E-state index contributed by atoms with van der Waals surface area (Å²) in [4.78, 5) is 51.1. The van der Waals surface area contributed by atoms with Crippen molar-refractivity contribution >= 4 is 41.0 Å². The summed E-state index contributed by atoms with van der Waals surface area (Å²) in [5.41, 5.74) is 6.25. The first-order chi connectivity index (χ1) is 14.7. The Kier molecular flexibility index (Phi) is 7.01. The minimum atomic E-state index is -1.41. The largest absolute Gasteiger partial charge is 0.434 e. The molecule has 5 N–H and O–H groups in total. The summed E-state index contributed by atoms with van der Waals surface area (Å²) in [6.07, 6.45) is -0.187. The number of aliphatic hydroxyl groups is 1. The van der Waals surface area contributed by atoms with Gasteiger partial charge in [-0.1, -0.05) is 18.5 Å². The van der Waals surface area contributed by atoms with Crippen LogP contribution in [0.3, 0.4) is 0 Å². The van der Waals surface area contributed by atoms with Crippen molar-refractivity contribution in [3.63, 3.8) is 0 Å². The second kappa shape index (κ2) is 9.52. The lowest BCUT2D eigenvalue weighted by Gasteiger charge is -2.29. The van der Waals surface area contributed by atoms with Gasteiger partial charge < -0.3 is 31.1 Å². The third kappa shape index (κ3) is 5.08. The maximum atomic E-state index is 13.1. The van der Waals surface area contributed by atoms with Crippen LogP contribution >= 0.6 is 11.6 Å². The highest BCUT2D eigenvalue weighted by Gasteiger charge is 2.40. The molecule has 0 radical (unpaired) electrons. The van der Waals surface area contributed by atoms with E-state index in [2.05, 4.69) is 15.4 Å². The van der Waals surface area contributed by atoms with E-state index in [0.29, 0.717) is 31.5 Å². The fraction of sp³-hybridized carbons (Fsp3) is 0.500. The van der Waals surface area contributed by atoms with E-state index in [1.807, 2.05) is 0 Å². The number of hydrogen-bond acceptors (Lipinski definition) is 7. The minimum absolute atomic E-state index is 0.135. The second-order valence-electron chi connectivity index (χ2n) is 7.56. The molecule has 2 aliphatic heterocycles. The summed E-state index contributed by atoms with van der Waals surface area (Å²) in [5, 5.41) is 15.1. The molecule has 2 fully saturated rings. The molecule has 3 amide bonds. The fourth-order valence-corrected chi connectivity index (χ4v) is 4.01. The molecule has 11 heteroatoms. The van der Waals surface area contributed by atoms with Crippen molar-refractivity contribution in [3.05, 3.63) is 28.8 Å². The maximum Gasteiger partial charge on any atom is 0.310 e. The van der Waals surface area contributed by atoms with Crippen molar-refractivity contribution in [3.8, 4) is 0 Å². The Hall–Kier alpha value is -2.85. The summed E-state index contributed by atoms with van der Waals surface area (Å²) in [6.45, 7) is 2.10. The highest BCUT2D eigenvalue weighted by Crippen LogP contribution is 2.22. The van der Waals surface area contributed by atoms with Crippen LogP contribution in [0.1, 0.15) is 43.0 Å². The van der Waals surface area contributed by atoms with Crippen molar-refractivity contribution in [2.75, 3.05) is 12.3 Å². The normalized spacial score (nSPS) is 23.9. The number of anilines is 1. The highest BCUT2D eigenvalue weighted by molar-refractivity contribution is 6.34. The monoisotopic (exact) mass is 452 g/mol. The molecule has 1 aromatic rings. The number of ether oxygens (including phenoxy) is 1. The standard InChI is InChI=1S/C20H25ClN4O6/c1-2-13(23-17(27)11-6-5-10(22)8-12(11)21)19(29)25-7-3-4-15(25)18(28)24-14-9-16(26)31-20(14)30/h5-6,8,13-15,20,30H,2-4,7,9,22H2,1H3,(H,23,27)(H,24,28)/t13-,14-,15-,20+/m0/s1. The van der Waals surface area contributed by atoms with Crippen LogP contribution in [0.5, 0.6) is 0 Å². The van der Waals surface area contributed by atoms with Gasteiger partial charge in [0, 0.05) is 12.2 Å². The number of amides is 3. The van der Waals surface area contributed by atoms with Gasteiger partial charge in [0.1, 0.15) is 18.1 Å². The number of aliphatic hydroxyl groups excluding tert-OH is 1. The Morgan fingerprint density at radius 1 is 1.39 bits per heavy atom. The zero-order valence-corrected chi connectivity index (χ0v) is 17.7. The average Bonchev–Trinajstić information content (AvgIpc) is 3.31. The smallest absolute Gasteiger partial charge is 0.310 e. The summed E-state index contributed by atoms with van der Waals surface area (Å²) in [7, 11) is 0. The number of likely N-dealkylation sites (tertiary alicyclic amines) is 1. The number of carbonyl (C=O) groups is 4. The quantitative estimate of drug-likeness (QED) is 0.354. The molecule has 10 nitrogen and oxygen atoms in total. The van der Waals surface area contributed by atoms with E-state index in [4.69, 9.17) is 17.3 Å². The van der Waals surface area contributed by atoms with E-state index in [0.717, 1.165) is 0 Å². The van der Waals surface area contributed by atoms with Crippen LogP contribution in [0.15, 0.2) is 18.2 Å². The Bertz CT molecular complexity index is 894. The van der Waals surface area contributed by atoms with Crippen molar-refractivity contribution < 1.29 is 29.0 Å². The lowest BCUT2D eigenvalue weighted by atomic mass is 10.1. The maximum absolute atomic E-state index is 13.1. The number of nitrogens with one attached hydrogen (secondary N) is 2. The predicted molar refractivity (Wildman–Crippen MR) is 111 cm³/mol. The number of hydrogen-bond donors (Lipinski definition) is 4. The highest BCUT2D eigenvalue weighted by atomic mass is 35.5. The van der Waals surface area contributed by atoms with E-state index < -0.39 is 42.2 Å². The first-order valence-corrected chi connectivity index (χ1v) is 10.4. The van der Waals surface area contributed by atoms with Crippen LogP contribution in [-0.4, -0.2) is 64.7 Å². The van der Waals surface area contributed by atoms with Crippen LogP contribution in [0.4, 0.5) is 5.69 Å². The molecule has 2 heterocycles. The average molecular weight is 453 g/mol. The number of carbonyl (C=O) groups excluding carboxylic acids is 4. The number of nitrogens with zero attached hydrogens (tertiary/aromatic N) is 1. The zero-order valence-electron chi connectivity index (χ0n) is 17.0. The van der Waals surface area contributed by atoms with Crippen LogP contribution in [0.2, 0.25) is 5.02 Å². The van der Waals surface area contributed by atoms with Gasteiger partial charge in [-0.25, -0.2) is 0 Å². The molecule has 2 aliphatic rings. The zero-order chi connectivity index (χ0) is 22.7. The Labute approximate surface area is 184 Å².